The number of rotatable bonds is 4. The van der Waals surface area contributed by atoms with E-state index in [0.29, 0.717) is 17.6 Å². The van der Waals surface area contributed by atoms with Gasteiger partial charge in [0.15, 0.2) is 5.78 Å². The second kappa shape index (κ2) is 7.21. The second-order valence-electron chi connectivity index (χ2n) is 5.84. The molecule has 25 heavy (non-hydrogen) atoms. The van der Waals surface area contributed by atoms with E-state index in [1.165, 1.54) is 29.0 Å². The summed E-state index contributed by atoms with van der Waals surface area (Å²) in [6.07, 6.45) is 3.08. The van der Waals surface area contributed by atoms with Crippen molar-refractivity contribution >= 4 is 21.7 Å². The Kier molecular flexibility index (Phi) is 5.02. The van der Waals surface area contributed by atoms with Crippen molar-refractivity contribution in [2.45, 2.75) is 25.5 Å². The van der Waals surface area contributed by atoms with Gasteiger partial charge in [-0.1, -0.05) is 15.9 Å². The van der Waals surface area contributed by atoms with Crippen LogP contribution in [0.2, 0.25) is 0 Å². The van der Waals surface area contributed by atoms with E-state index in [9.17, 15) is 20.0 Å². The first-order chi connectivity index (χ1) is 12.0. The summed E-state index contributed by atoms with van der Waals surface area (Å²) in [4.78, 5) is 25.1. The molecule has 1 N–H and O–H groups in total. The highest BCUT2D eigenvalue weighted by atomic mass is 79.9. The van der Waals surface area contributed by atoms with Gasteiger partial charge in [0, 0.05) is 22.8 Å². The Hall–Kier alpha value is -2.43. The molecule has 0 aliphatic carbocycles. The van der Waals surface area contributed by atoms with Crippen molar-refractivity contribution in [1.29, 1.82) is 5.26 Å². The Balaban J connectivity index is 2.03. The van der Waals surface area contributed by atoms with Gasteiger partial charge in [0.2, 0.25) is 0 Å². The zero-order valence-electron chi connectivity index (χ0n) is 13.2. The summed E-state index contributed by atoms with van der Waals surface area (Å²) in [5.74, 6) is -0.625. The van der Waals surface area contributed by atoms with Gasteiger partial charge >= 0.3 is 0 Å². The monoisotopic (exact) mass is 402 g/mol. The Bertz CT molecular complexity index is 924. The molecule has 0 radical (unpaired) electrons. The lowest BCUT2D eigenvalue weighted by atomic mass is 10.0. The highest BCUT2D eigenvalue weighted by Gasteiger charge is 2.21. The number of phenols is 1. The number of phenolic OH excluding ortho intramolecular Hbond substituents is 1. The van der Waals surface area contributed by atoms with E-state index in [-0.39, 0.29) is 28.5 Å². The number of hydrogen-bond donors (Lipinski definition) is 1. The van der Waals surface area contributed by atoms with E-state index >= 15 is 0 Å². The highest BCUT2D eigenvalue weighted by molar-refractivity contribution is 9.10. The maximum absolute atomic E-state index is 12.8. The fourth-order valence-corrected chi connectivity index (χ4v) is 3.19. The molecule has 1 saturated heterocycles. The number of nitriles is 1. The van der Waals surface area contributed by atoms with Gasteiger partial charge in [-0.05, 0) is 37.1 Å². The van der Waals surface area contributed by atoms with Crippen LogP contribution in [-0.4, -0.2) is 28.2 Å². The molecule has 0 amide bonds. The van der Waals surface area contributed by atoms with Gasteiger partial charge < -0.3 is 14.4 Å². The summed E-state index contributed by atoms with van der Waals surface area (Å²) in [5, 5.41) is 19.2. The van der Waals surface area contributed by atoms with Gasteiger partial charge in [0.25, 0.3) is 5.56 Å². The largest absolute Gasteiger partial charge is 0.507 e. The minimum absolute atomic E-state index is 0.0978. The van der Waals surface area contributed by atoms with Crippen LogP contribution >= 0.6 is 15.9 Å². The molecule has 2 heterocycles. The third kappa shape index (κ3) is 3.65. The van der Waals surface area contributed by atoms with Crippen molar-refractivity contribution in [3.05, 3.63) is 62.0 Å². The number of benzene rings is 1. The first kappa shape index (κ1) is 17.4. The lowest BCUT2D eigenvalue weighted by molar-refractivity contribution is 0.0955. The normalized spacial score (nSPS) is 16.6. The van der Waals surface area contributed by atoms with Crippen LogP contribution in [0.15, 0.2) is 39.7 Å². The summed E-state index contributed by atoms with van der Waals surface area (Å²) in [6, 6.07) is 7.62. The van der Waals surface area contributed by atoms with Crippen LogP contribution in [0.5, 0.6) is 5.75 Å². The highest BCUT2D eigenvalue weighted by Crippen LogP contribution is 2.24. The number of pyridine rings is 1. The molecule has 2 aromatic rings. The van der Waals surface area contributed by atoms with E-state index < -0.39 is 11.3 Å². The summed E-state index contributed by atoms with van der Waals surface area (Å²) in [7, 11) is 0. The molecule has 1 atom stereocenters. The van der Waals surface area contributed by atoms with Gasteiger partial charge in [-0.3, -0.25) is 9.59 Å². The predicted molar refractivity (Wildman–Crippen MR) is 93.6 cm³/mol. The molecule has 1 aliphatic heterocycles. The van der Waals surface area contributed by atoms with Crippen molar-refractivity contribution in [3.63, 3.8) is 0 Å². The van der Waals surface area contributed by atoms with Crippen molar-refractivity contribution in [3.8, 4) is 11.8 Å². The molecule has 128 valence electrons. The summed E-state index contributed by atoms with van der Waals surface area (Å²) in [5.41, 5.74) is -0.297. The van der Waals surface area contributed by atoms with Crippen LogP contribution in [0.25, 0.3) is 0 Å². The molecular formula is C18H15BrN2O4. The molecule has 1 aliphatic rings. The average Bonchev–Trinajstić information content (AvgIpc) is 3.11. The average molecular weight is 403 g/mol. The number of carbonyl (C=O) groups excluding carboxylic acids is 1. The lowest BCUT2D eigenvalue weighted by Crippen LogP contribution is -2.28. The van der Waals surface area contributed by atoms with E-state index in [2.05, 4.69) is 15.9 Å². The van der Waals surface area contributed by atoms with Crippen molar-refractivity contribution in [2.75, 3.05) is 6.61 Å². The fraction of sp³-hybridized carbons (Fsp3) is 0.278. The zero-order chi connectivity index (χ0) is 18.0. The van der Waals surface area contributed by atoms with Gasteiger partial charge in [-0.15, -0.1) is 0 Å². The van der Waals surface area contributed by atoms with E-state index in [1.807, 2.05) is 6.07 Å². The first-order valence-corrected chi connectivity index (χ1v) is 8.58. The van der Waals surface area contributed by atoms with E-state index in [4.69, 9.17) is 4.74 Å². The Morgan fingerprint density at radius 3 is 2.92 bits per heavy atom. The molecule has 1 fully saturated rings. The number of halogens is 1. The van der Waals surface area contributed by atoms with Crippen LogP contribution in [0.3, 0.4) is 0 Å². The predicted octanol–water partition coefficient (Wildman–Crippen LogP) is 2.60. The van der Waals surface area contributed by atoms with Crippen LogP contribution in [0.1, 0.15) is 34.3 Å². The smallest absolute Gasteiger partial charge is 0.268 e. The number of hydrogen-bond acceptors (Lipinski definition) is 5. The van der Waals surface area contributed by atoms with Gasteiger partial charge in [-0.25, -0.2) is 0 Å². The number of carbonyl (C=O) groups is 1. The summed E-state index contributed by atoms with van der Waals surface area (Å²) in [6.45, 7) is 0.939. The Morgan fingerprint density at radius 2 is 2.24 bits per heavy atom. The maximum atomic E-state index is 12.8. The SMILES string of the molecule is N#Cc1cc(C(=O)c2cc(Br)ccc2O)cn(CC2CCCO2)c1=O. The van der Waals surface area contributed by atoms with Crippen molar-refractivity contribution in [1.82, 2.24) is 4.57 Å². The summed E-state index contributed by atoms with van der Waals surface area (Å²) >= 11 is 3.26. The van der Waals surface area contributed by atoms with Crippen LogP contribution in [-0.2, 0) is 11.3 Å². The van der Waals surface area contributed by atoms with E-state index in [0.717, 1.165) is 12.8 Å². The molecule has 1 unspecified atom stereocenters. The Labute approximate surface area is 152 Å². The number of aromatic hydroxyl groups is 1. The quantitative estimate of drug-likeness (QED) is 0.793. The van der Waals surface area contributed by atoms with Crippen LogP contribution in [0.4, 0.5) is 0 Å². The second-order valence-corrected chi connectivity index (χ2v) is 6.75. The molecular weight excluding hydrogens is 388 g/mol. The number of nitrogens with zero attached hydrogens (tertiary/aromatic N) is 2. The third-order valence-electron chi connectivity index (χ3n) is 4.10. The fourth-order valence-electron chi connectivity index (χ4n) is 2.83. The molecule has 3 rings (SSSR count). The molecule has 0 bridgehead atoms. The molecule has 0 saturated carbocycles. The number of ether oxygens (including phenoxy) is 1. The van der Waals surface area contributed by atoms with Crippen molar-refractivity contribution < 1.29 is 14.6 Å². The van der Waals surface area contributed by atoms with Crippen molar-refractivity contribution in [2.24, 2.45) is 0 Å². The molecule has 1 aromatic heterocycles. The lowest BCUT2D eigenvalue weighted by Gasteiger charge is -2.13. The maximum Gasteiger partial charge on any atom is 0.268 e. The minimum atomic E-state index is -0.462. The standard InChI is InChI=1S/C18H15BrN2O4/c19-13-3-4-16(22)15(7-13)17(23)12-6-11(8-20)18(24)21(9-12)10-14-2-1-5-25-14/h3-4,6-7,9,14,22H,1-2,5,10H2. The van der Waals surface area contributed by atoms with Crippen LogP contribution < -0.4 is 5.56 Å². The minimum Gasteiger partial charge on any atom is -0.507 e. The summed E-state index contributed by atoms with van der Waals surface area (Å²) < 4.78 is 7.52. The van der Waals surface area contributed by atoms with Gasteiger partial charge in [0.05, 0.1) is 18.2 Å². The number of aromatic nitrogens is 1. The zero-order valence-corrected chi connectivity index (χ0v) is 14.8. The first-order valence-electron chi connectivity index (χ1n) is 7.79. The number of ketones is 1. The van der Waals surface area contributed by atoms with Crippen LogP contribution in [0, 0.1) is 11.3 Å². The molecule has 6 nitrogen and oxygen atoms in total. The topological polar surface area (TPSA) is 92.3 Å². The Morgan fingerprint density at radius 1 is 1.44 bits per heavy atom. The van der Waals surface area contributed by atoms with Gasteiger partial charge in [0.1, 0.15) is 17.4 Å². The molecule has 1 aromatic carbocycles. The third-order valence-corrected chi connectivity index (χ3v) is 4.59. The molecule has 7 heteroatoms. The van der Waals surface area contributed by atoms with Gasteiger partial charge in [-0.2, -0.15) is 5.26 Å². The van der Waals surface area contributed by atoms with E-state index in [1.54, 1.807) is 6.07 Å². The molecule has 0 spiro atoms.